The van der Waals surface area contributed by atoms with Crippen LogP contribution in [0.3, 0.4) is 0 Å². The summed E-state index contributed by atoms with van der Waals surface area (Å²) >= 11 is 12.8. The molecule has 0 aliphatic heterocycles. The minimum Gasteiger partial charge on any atom is -0.493 e. The van der Waals surface area contributed by atoms with Crippen LogP contribution in [-0.2, 0) is 12.7 Å². The Labute approximate surface area is 208 Å². The third-order valence-electron chi connectivity index (χ3n) is 4.40. The van der Waals surface area contributed by atoms with Crippen LogP contribution in [0.2, 0.25) is 5.02 Å². The maximum atomic E-state index is 12.9. The molecule has 0 spiro atoms. The SMILES string of the molecule is COc1cc(CNc2ccc(Br)c(Cl)c2)cc(Br)c1Oc1ccc(C(F)(F)F)cc1[N+](=O)[O-]. The number of anilines is 1. The first-order valence-electron chi connectivity index (χ1n) is 9.08. The van der Waals surface area contributed by atoms with Crippen molar-refractivity contribution in [2.45, 2.75) is 12.7 Å². The number of nitrogens with zero attached hydrogens (tertiary/aromatic N) is 1. The van der Waals surface area contributed by atoms with Crippen molar-refractivity contribution in [3.63, 3.8) is 0 Å². The standard InChI is InChI=1S/C21H14Br2ClF3N2O4/c1-32-19-7-11(10-28-13-3-4-14(22)16(24)9-13)6-15(23)20(19)33-18-5-2-12(21(25,26)27)8-17(18)29(30)31/h2-9,28H,10H2,1H3. The molecular formula is C21H14Br2ClF3N2O4. The van der Waals surface area contributed by atoms with Crippen LogP contribution >= 0.6 is 43.5 Å². The van der Waals surface area contributed by atoms with Crippen LogP contribution in [-0.4, -0.2) is 12.0 Å². The minimum absolute atomic E-state index is 0.0794. The molecule has 0 unspecified atom stereocenters. The molecule has 0 saturated carbocycles. The third kappa shape index (κ3) is 6.10. The van der Waals surface area contributed by atoms with Crippen LogP contribution in [0.15, 0.2) is 57.5 Å². The molecule has 0 fully saturated rings. The van der Waals surface area contributed by atoms with Crippen LogP contribution in [0.4, 0.5) is 24.5 Å². The maximum Gasteiger partial charge on any atom is 0.416 e. The highest BCUT2D eigenvalue weighted by atomic mass is 79.9. The van der Waals surface area contributed by atoms with Crippen molar-refractivity contribution < 1.29 is 27.6 Å². The van der Waals surface area contributed by atoms with Crippen LogP contribution in [0.5, 0.6) is 17.2 Å². The summed E-state index contributed by atoms with van der Waals surface area (Å²) < 4.78 is 51.0. The topological polar surface area (TPSA) is 73.6 Å². The summed E-state index contributed by atoms with van der Waals surface area (Å²) in [4.78, 5) is 10.4. The van der Waals surface area contributed by atoms with Gasteiger partial charge >= 0.3 is 11.9 Å². The second-order valence-electron chi connectivity index (χ2n) is 6.63. The molecule has 3 aromatic carbocycles. The fraction of sp³-hybridized carbons (Fsp3) is 0.143. The molecule has 0 aliphatic carbocycles. The quantitative estimate of drug-likeness (QED) is 0.216. The Hall–Kier alpha value is -2.50. The summed E-state index contributed by atoms with van der Waals surface area (Å²) in [6.45, 7) is 0.383. The Kier molecular flexibility index (Phi) is 7.76. The Morgan fingerprint density at radius 3 is 2.39 bits per heavy atom. The number of nitrogens with one attached hydrogen (secondary N) is 1. The maximum absolute atomic E-state index is 12.9. The Bertz CT molecular complexity index is 1210. The number of rotatable bonds is 7. The van der Waals surface area contributed by atoms with Crippen molar-refractivity contribution in [2.24, 2.45) is 0 Å². The zero-order chi connectivity index (χ0) is 24.3. The van der Waals surface area contributed by atoms with Gasteiger partial charge in [0, 0.05) is 22.8 Å². The van der Waals surface area contributed by atoms with E-state index in [1.54, 1.807) is 24.3 Å². The van der Waals surface area contributed by atoms with Crippen molar-refractivity contribution in [2.75, 3.05) is 12.4 Å². The van der Waals surface area contributed by atoms with Crippen molar-refractivity contribution in [1.29, 1.82) is 0 Å². The van der Waals surface area contributed by atoms with Crippen LogP contribution in [0.1, 0.15) is 11.1 Å². The van der Waals surface area contributed by atoms with Gasteiger partial charge in [0.25, 0.3) is 0 Å². The lowest BCUT2D eigenvalue weighted by atomic mass is 10.1. The molecule has 12 heteroatoms. The van der Waals surface area contributed by atoms with Gasteiger partial charge in [-0.05, 0) is 79.9 Å². The van der Waals surface area contributed by atoms with E-state index in [1.807, 2.05) is 6.07 Å². The number of hydrogen-bond acceptors (Lipinski definition) is 5. The van der Waals surface area contributed by atoms with E-state index in [4.69, 9.17) is 21.1 Å². The molecule has 174 valence electrons. The van der Waals surface area contributed by atoms with E-state index in [0.717, 1.165) is 21.8 Å². The fourth-order valence-electron chi connectivity index (χ4n) is 2.82. The highest BCUT2D eigenvalue weighted by Gasteiger charge is 2.33. The molecule has 1 N–H and O–H groups in total. The second kappa shape index (κ2) is 10.2. The number of alkyl halides is 3. The molecule has 0 radical (unpaired) electrons. The lowest BCUT2D eigenvalue weighted by Crippen LogP contribution is -2.06. The highest BCUT2D eigenvalue weighted by Crippen LogP contribution is 2.43. The third-order valence-corrected chi connectivity index (χ3v) is 6.22. The highest BCUT2D eigenvalue weighted by molar-refractivity contribution is 9.10. The zero-order valence-corrected chi connectivity index (χ0v) is 20.6. The van der Waals surface area contributed by atoms with Gasteiger partial charge in [0.1, 0.15) is 0 Å². The van der Waals surface area contributed by atoms with Crippen molar-refractivity contribution in [3.8, 4) is 17.2 Å². The van der Waals surface area contributed by atoms with Gasteiger partial charge in [-0.3, -0.25) is 10.1 Å². The van der Waals surface area contributed by atoms with Gasteiger partial charge in [0.2, 0.25) is 5.75 Å². The molecule has 0 amide bonds. The van der Waals surface area contributed by atoms with E-state index < -0.39 is 22.4 Å². The second-order valence-corrected chi connectivity index (χ2v) is 8.75. The molecular weight excluding hydrogens is 596 g/mol. The molecule has 0 saturated heterocycles. The number of methoxy groups -OCH3 is 1. The summed E-state index contributed by atoms with van der Waals surface area (Å²) in [6.07, 6.45) is -4.73. The van der Waals surface area contributed by atoms with Gasteiger partial charge in [-0.25, -0.2) is 0 Å². The van der Waals surface area contributed by atoms with Gasteiger partial charge in [-0.1, -0.05) is 11.6 Å². The lowest BCUT2D eigenvalue weighted by Gasteiger charge is -2.16. The number of nitro benzene ring substituents is 1. The van der Waals surface area contributed by atoms with Crippen molar-refractivity contribution >= 4 is 54.8 Å². The molecule has 33 heavy (non-hydrogen) atoms. The molecule has 6 nitrogen and oxygen atoms in total. The predicted octanol–water partition coefficient (Wildman–Crippen LogP) is 8.21. The van der Waals surface area contributed by atoms with Gasteiger partial charge in [-0.15, -0.1) is 0 Å². The summed E-state index contributed by atoms with van der Waals surface area (Å²) in [6, 6.07) is 10.8. The van der Waals surface area contributed by atoms with Gasteiger partial charge in [0.05, 0.1) is 27.1 Å². The molecule has 0 aromatic heterocycles. The Morgan fingerprint density at radius 1 is 1.06 bits per heavy atom. The van der Waals surface area contributed by atoms with Crippen LogP contribution in [0.25, 0.3) is 0 Å². The number of hydrogen-bond donors (Lipinski definition) is 1. The first kappa shape index (κ1) is 25.1. The molecule has 0 atom stereocenters. The number of ether oxygens (including phenoxy) is 2. The predicted molar refractivity (Wildman–Crippen MR) is 125 cm³/mol. The van der Waals surface area contributed by atoms with E-state index >= 15 is 0 Å². The molecule has 0 heterocycles. The Morgan fingerprint density at radius 2 is 1.79 bits per heavy atom. The monoisotopic (exact) mass is 608 g/mol. The minimum atomic E-state index is -4.73. The number of benzene rings is 3. The van der Waals surface area contributed by atoms with E-state index in [2.05, 4.69) is 37.2 Å². The summed E-state index contributed by atoms with van der Waals surface area (Å²) in [5, 5.41) is 15.1. The average Bonchev–Trinajstić information content (AvgIpc) is 2.75. The van der Waals surface area contributed by atoms with Crippen LogP contribution in [0, 0.1) is 10.1 Å². The zero-order valence-electron chi connectivity index (χ0n) is 16.7. The van der Waals surface area contributed by atoms with E-state index in [9.17, 15) is 23.3 Å². The van der Waals surface area contributed by atoms with Crippen LogP contribution < -0.4 is 14.8 Å². The van der Waals surface area contributed by atoms with Gasteiger partial charge in [-0.2, -0.15) is 13.2 Å². The molecule has 0 bridgehead atoms. The number of halogens is 6. The summed E-state index contributed by atoms with van der Waals surface area (Å²) in [5.41, 5.74) is -0.426. The molecule has 3 aromatic rings. The Balaban J connectivity index is 1.88. The van der Waals surface area contributed by atoms with Crippen molar-refractivity contribution in [3.05, 3.63) is 83.7 Å². The summed E-state index contributed by atoms with van der Waals surface area (Å²) in [7, 11) is 1.38. The van der Waals surface area contributed by atoms with Gasteiger partial charge in [0.15, 0.2) is 11.5 Å². The van der Waals surface area contributed by atoms with Crippen molar-refractivity contribution in [1.82, 2.24) is 0 Å². The smallest absolute Gasteiger partial charge is 0.416 e. The lowest BCUT2D eigenvalue weighted by molar-refractivity contribution is -0.385. The largest absolute Gasteiger partial charge is 0.493 e. The number of nitro groups is 1. The average molecular weight is 611 g/mol. The van der Waals surface area contributed by atoms with Gasteiger partial charge < -0.3 is 14.8 Å². The summed E-state index contributed by atoms with van der Waals surface area (Å²) in [5.74, 6) is -0.0533. The molecule has 0 aliphatic rings. The molecule has 3 rings (SSSR count). The van der Waals surface area contributed by atoms with E-state index in [1.165, 1.54) is 7.11 Å². The normalized spacial score (nSPS) is 11.2. The first-order chi connectivity index (χ1) is 15.5. The van der Waals surface area contributed by atoms with E-state index in [-0.39, 0.29) is 17.2 Å². The fourth-order valence-corrected chi connectivity index (χ4v) is 3.81. The van der Waals surface area contributed by atoms with E-state index in [0.29, 0.717) is 28.2 Å². The first-order valence-corrected chi connectivity index (χ1v) is 11.0.